The van der Waals surface area contributed by atoms with Gasteiger partial charge in [-0.05, 0) is 18.2 Å². The van der Waals surface area contributed by atoms with Crippen LogP contribution in [0.3, 0.4) is 0 Å². The van der Waals surface area contributed by atoms with Gasteiger partial charge in [0.05, 0.1) is 10.8 Å². The third-order valence-corrected chi connectivity index (χ3v) is 3.13. The Kier molecular flexibility index (Phi) is 2.22. The fraction of sp³-hybridized carbons (Fsp3) is 0.273. The van der Waals surface area contributed by atoms with Crippen molar-refractivity contribution < 1.29 is 9.13 Å². The van der Waals surface area contributed by atoms with Gasteiger partial charge in [-0.2, -0.15) is 4.39 Å². The number of H-pyrrole nitrogens is 1. The van der Waals surface area contributed by atoms with E-state index < -0.39 is 5.85 Å². The zero-order valence-corrected chi connectivity index (χ0v) is 10.3. The van der Waals surface area contributed by atoms with Crippen molar-refractivity contribution in [3.63, 3.8) is 0 Å². The summed E-state index contributed by atoms with van der Waals surface area (Å²) in [6, 6.07) is 5.08. The molecule has 0 aliphatic heterocycles. The second kappa shape index (κ2) is 3.53. The Bertz CT molecular complexity index is 651. The zero-order chi connectivity index (χ0) is 12.0. The van der Waals surface area contributed by atoms with Crippen molar-refractivity contribution in [3.8, 4) is 5.88 Å². The molecule has 2 aromatic rings. The number of alkyl halides is 1. The number of ether oxygens (including phenoxy) is 1. The molecule has 1 aromatic heterocycles. The van der Waals surface area contributed by atoms with E-state index in [4.69, 9.17) is 4.74 Å². The van der Waals surface area contributed by atoms with Crippen molar-refractivity contribution in [2.45, 2.75) is 18.7 Å². The topological polar surface area (TPSA) is 55.0 Å². The number of hydrogen-bond donors (Lipinski definition) is 1. The summed E-state index contributed by atoms with van der Waals surface area (Å²) in [5, 5.41) is 6.99. The van der Waals surface area contributed by atoms with Crippen LogP contribution in [-0.4, -0.2) is 16.1 Å². The van der Waals surface area contributed by atoms with Crippen LogP contribution in [0.15, 0.2) is 27.5 Å². The molecule has 17 heavy (non-hydrogen) atoms. The quantitative estimate of drug-likeness (QED) is 0.927. The van der Waals surface area contributed by atoms with E-state index in [-0.39, 0.29) is 11.4 Å². The third kappa shape index (κ3) is 1.93. The van der Waals surface area contributed by atoms with Crippen molar-refractivity contribution in [3.05, 3.63) is 33.0 Å². The Balaban J connectivity index is 2.20. The lowest BCUT2D eigenvalue weighted by atomic mass is 10.2. The van der Waals surface area contributed by atoms with Gasteiger partial charge in [0.15, 0.2) is 0 Å². The van der Waals surface area contributed by atoms with E-state index in [0.29, 0.717) is 23.6 Å². The molecular formula is C11H8BrFN2O2. The minimum atomic E-state index is -1.61. The van der Waals surface area contributed by atoms with Gasteiger partial charge in [-0.1, -0.05) is 15.9 Å². The monoisotopic (exact) mass is 298 g/mol. The number of nitrogens with zero attached hydrogens (tertiary/aromatic N) is 1. The van der Waals surface area contributed by atoms with Crippen LogP contribution in [0.5, 0.6) is 5.88 Å². The summed E-state index contributed by atoms with van der Waals surface area (Å²) in [6.45, 7) is 0. The standard InChI is InChI=1S/C11H8BrFN2O2/c12-6-1-2-7-8(5-6)10(15-14-9(7)16)17-11(13)3-4-11/h1-2,5H,3-4H2,(H,14,16). The van der Waals surface area contributed by atoms with Crippen LogP contribution in [0.25, 0.3) is 10.8 Å². The molecule has 4 nitrogen and oxygen atoms in total. The molecule has 88 valence electrons. The number of aromatic nitrogens is 2. The molecule has 0 spiro atoms. The first-order chi connectivity index (χ1) is 8.07. The fourth-order valence-electron chi connectivity index (χ4n) is 1.56. The normalized spacial score (nSPS) is 17.1. The lowest BCUT2D eigenvalue weighted by Crippen LogP contribution is -2.15. The molecule has 1 heterocycles. The second-order valence-corrected chi connectivity index (χ2v) is 4.95. The molecule has 0 saturated heterocycles. The average molecular weight is 299 g/mol. The SMILES string of the molecule is O=c1[nH]nc(OC2(F)CC2)c2cc(Br)ccc12. The summed E-state index contributed by atoms with van der Waals surface area (Å²) in [6.07, 6.45) is 0.729. The summed E-state index contributed by atoms with van der Waals surface area (Å²) < 4.78 is 19.5. The minimum Gasteiger partial charge on any atom is -0.439 e. The van der Waals surface area contributed by atoms with E-state index in [1.807, 2.05) is 0 Å². The molecule has 0 bridgehead atoms. The third-order valence-electron chi connectivity index (χ3n) is 2.64. The van der Waals surface area contributed by atoms with E-state index in [1.54, 1.807) is 18.2 Å². The van der Waals surface area contributed by atoms with Gasteiger partial charge in [0.2, 0.25) is 5.88 Å². The van der Waals surface area contributed by atoms with E-state index in [1.165, 1.54) is 0 Å². The van der Waals surface area contributed by atoms with Crippen LogP contribution < -0.4 is 10.3 Å². The molecule has 0 unspecified atom stereocenters. The summed E-state index contributed by atoms with van der Waals surface area (Å²) >= 11 is 3.30. The smallest absolute Gasteiger partial charge is 0.272 e. The van der Waals surface area contributed by atoms with Gasteiger partial charge >= 0.3 is 0 Å². The number of fused-ring (bicyclic) bond motifs is 1. The van der Waals surface area contributed by atoms with Crippen LogP contribution in [0.1, 0.15) is 12.8 Å². The van der Waals surface area contributed by atoms with E-state index >= 15 is 0 Å². The van der Waals surface area contributed by atoms with Gasteiger partial charge in [0, 0.05) is 17.3 Å². The molecule has 0 radical (unpaired) electrons. The number of nitrogens with one attached hydrogen (secondary N) is 1. The van der Waals surface area contributed by atoms with Gasteiger partial charge in [0.25, 0.3) is 11.4 Å². The second-order valence-electron chi connectivity index (χ2n) is 4.03. The molecule has 1 N–H and O–H groups in total. The summed E-state index contributed by atoms with van der Waals surface area (Å²) in [4.78, 5) is 11.5. The zero-order valence-electron chi connectivity index (χ0n) is 8.67. The number of rotatable bonds is 2. The molecule has 1 aliphatic rings. The first-order valence-corrected chi connectivity index (χ1v) is 5.93. The maximum absolute atomic E-state index is 13.5. The van der Waals surface area contributed by atoms with Crippen molar-refractivity contribution in [1.29, 1.82) is 0 Å². The van der Waals surface area contributed by atoms with Gasteiger partial charge in [-0.15, -0.1) is 5.10 Å². The number of hydrogen-bond acceptors (Lipinski definition) is 3. The maximum Gasteiger partial charge on any atom is 0.272 e. The molecule has 1 aliphatic carbocycles. The Morgan fingerprint density at radius 1 is 1.41 bits per heavy atom. The highest BCUT2D eigenvalue weighted by molar-refractivity contribution is 9.10. The van der Waals surface area contributed by atoms with Gasteiger partial charge in [-0.3, -0.25) is 4.79 Å². The predicted octanol–water partition coefficient (Wildman–Crippen LogP) is 2.52. The molecular weight excluding hydrogens is 291 g/mol. The van der Waals surface area contributed by atoms with Crippen molar-refractivity contribution in [2.24, 2.45) is 0 Å². The van der Waals surface area contributed by atoms with Gasteiger partial charge < -0.3 is 4.74 Å². The lowest BCUT2D eigenvalue weighted by Gasteiger charge is -2.10. The molecule has 1 aromatic carbocycles. The molecule has 0 amide bonds. The molecule has 3 rings (SSSR count). The van der Waals surface area contributed by atoms with Crippen LogP contribution in [0, 0.1) is 0 Å². The number of aromatic amines is 1. The van der Waals surface area contributed by atoms with Crippen molar-refractivity contribution in [1.82, 2.24) is 10.2 Å². The van der Waals surface area contributed by atoms with Crippen molar-refractivity contribution in [2.75, 3.05) is 0 Å². The van der Waals surface area contributed by atoms with Crippen LogP contribution in [-0.2, 0) is 0 Å². The first kappa shape index (κ1) is 10.7. The lowest BCUT2D eigenvalue weighted by molar-refractivity contribution is 0.0362. The van der Waals surface area contributed by atoms with Gasteiger partial charge in [-0.25, -0.2) is 5.10 Å². The van der Waals surface area contributed by atoms with Crippen LogP contribution in [0.2, 0.25) is 0 Å². The Labute approximate surface area is 104 Å². The first-order valence-electron chi connectivity index (χ1n) is 5.13. The highest BCUT2D eigenvalue weighted by Gasteiger charge is 2.47. The Morgan fingerprint density at radius 2 is 2.18 bits per heavy atom. The Hall–Kier alpha value is -1.43. The van der Waals surface area contributed by atoms with Crippen LogP contribution in [0.4, 0.5) is 4.39 Å². The van der Waals surface area contributed by atoms with Crippen LogP contribution >= 0.6 is 15.9 Å². The van der Waals surface area contributed by atoms with E-state index in [9.17, 15) is 9.18 Å². The molecule has 1 fully saturated rings. The fourth-order valence-corrected chi connectivity index (χ4v) is 1.93. The van der Waals surface area contributed by atoms with Crippen molar-refractivity contribution >= 4 is 26.7 Å². The number of halogens is 2. The summed E-state index contributed by atoms with van der Waals surface area (Å²) in [5.74, 6) is -1.48. The van der Waals surface area contributed by atoms with E-state index in [0.717, 1.165) is 4.47 Å². The number of benzene rings is 1. The Morgan fingerprint density at radius 3 is 2.88 bits per heavy atom. The summed E-state index contributed by atoms with van der Waals surface area (Å²) in [7, 11) is 0. The maximum atomic E-state index is 13.5. The van der Waals surface area contributed by atoms with E-state index in [2.05, 4.69) is 26.1 Å². The average Bonchev–Trinajstić information content (AvgIpc) is 3.01. The highest BCUT2D eigenvalue weighted by Crippen LogP contribution is 2.42. The van der Waals surface area contributed by atoms with Gasteiger partial charge in [0.1, 0.15) is 0 Å². The highest BCUT2D eigenvalue weighted by atomic mass is 79.9. The summed E-state index contributed by atoms with van der Waals surface area (Å²) in [5.41, 5.74) is -0.316. The molecule has 6 heteroatoms. The minimum absolute atomic E-state index is 0.126. The largest absolute Gasteiger partial charge is 0.439 e. The predicted molar refractivity (Wildman–Crippen MR) is 63.8 cm³/mol. The molecule has 0 atom stereocenters. The molecule has 1 saturated carbocycles.